The van der Waals surface area contributed by atoms with Gasteiger partial charge in [-0.15, -0.1) is 22.7 Å². The van der Waals surface area contributed by atoms with Gasteiger partial charge in [-0.05, 0) is 98.3 Å². The molecular weight excluding hydrogens is 787 g/mol. The third-order valence-corrected chi connectivity index (χ3v) is 13.0. The molecule has 2 heterocycles. The molecule has 10 aromatic carbocycles. The van der Waals surface area contributed by atoms with Crippen molar-refractivity contribution in [2.24, 2.45) is 0 Å². The van der Waals surface area contributed by atoms with Crippen molar-refractivity contribution >= 4 is 90.9 Å². The molecule has 0 N–H and O–H groups in total. The van der Waals surface area contributed by atoms with Crippen LogP contribution < -0.4 is 4.90 Å². The van der Waals surface area contributed by atoms with E-state index in [1.165, 1.54) is 18.2 Å². The van der Waals surface area contributed by atoms with Gasteiger partial charge in [0.05, 0.1) is 65.4 Å². The van der Waals surface area contributed by atoms with Crippen molar-refractivity contribution in [2.45, 2.75) is 5.41 Å². The SMILES string of the molecule is [2H]c1cc2c(sc3c([2H])cc(N(c4c([2H])cc([2H])c5c4sc4c([2H])cc([2H])c([2H])c45)c4c([2H])c([2H])c(-c5c([2H])c([2H])c([2H])c(C6(c7c([2H])c([2H])c([2H])c([2H])c7[2H])c7c([2H])c([2H])c([2H])c([2H])c7-c7c([2H])c([2H])c([2H])c([2H])c76)c5[2H])c5c([2H])c([2H])c([2H])c([2H])c45)cc32)c([2H])c1[2H]. The number of anilines is 3. The highest BCUT2D eigenvalue weighted by molar-refractivity contribution is 7.26. The Morgan fingerprint density at radius 3 is 1.97 bits per heavy atom. The lowest BCUT2D eigenvalue weighted by Crippen LogP contribution is -2.28. The quantitative estimate of drug-likeness (QED) is 0.161. The molecule has 0 amide bonds. The maximum absolute atomic E-state index is 10.6. The maximum atomic E-state index is 10.6. The Morgan fingerprint density at radius 1 is 0.403 bits per heavy atom. The molecule has 0 radical (unpaired) electrons. The average Bonchev–Trinajstić information content (AvgIpc) is 1.42. The predicted molar refractivity (Wildman–Crippen MR) is 267 cm³/mol. The summed E-state index contributed by atoms with van der Waals surface area (Å²) in [6.07, 6.45) is 0. The van der Waals surface area contributed by atoms with E-state index in [2.05, 4.69) is 0 Å². The Bertz CT molecular complexity index is 5520. The summed E-state index contributed by atoms with van der Waals surface area (Å²) in [5.41, 5.74) is -12.3. The molecule has 2 aromatic heterocycles. The predicted octanol–water partition coefficient (Wildman–Crippen LogP) is 17.1. The molecule has 62 heavy (non-hydrogen) atoms. The molecule has 3 heteroatoms. The van der Waals surface area contributed by atoms with Crippen LogP contribution in [0.4, 0.5) is 17.1 Å². The van der Waals surface area contributed by atoms with Crippen molar-refractivity contribution in [3.8, 4) is 22.3 Å². The summed E-state index contributed by atoms with van der Waals surface area (Å²) >= 11 is 1.68. The van der Waals surface area contributed by atoms with Crippen LogP contribution in [0.5, 0.6) is 0 Å². The molecular formula is C59H37NS2. The van der Waals surface area contributed by atoms with Crippen LogP contribution in [0.25, 0.3) is 73.4 Å². The van der Waals surface area contributed by atoms with Crippen LogP contribution in [0.15, 0.2) is 224 Å². The molecule has 1 nitrogen and oxygen atoms in total. The highest BCUT2D eigenvalue weighted by Crippen LogP contribution is 2.57. The Kier molecular flexibility index (Phi) is 3.62. The van der Waals surface area contributed by atoms with E-state index < -0.39 is 236 Å². The molecule has 0 saturated heterocycles. The summed E-state index contributed by atoms with van der Waals surface area (Å²) in [6.45, 7) is 0. The lowest BCUT2D eigenvalue weighted by atomic mass is 9.67. The first-order valence-corrected chi connectivity index (χ1v) is 20.3. The second kappa shape index (κ2) is 13.9. The van der Waals surface area contributed by atoms with Crippen LogP contribution in [-0.2, 0) is 5.41 Å². The summed E-state index contributed by atoms with van der Waals surface area (Å²) in [6, 6.07) is -23.5. The second-order valence-corrected chi connectivity index (χ2v) is 15.9. The lowest BCUT2D eigenvalue weighted by Gasteiger charge is -2.34. The van der Waals surface area contributed by atoms with E-state index in [0.29, 0.717) is 0 Å². The molecule has 13 rings (SSSR count). The number of nitrogens with zero attached hydrogens (tertiary/aromatic N) is 1. The number of thiophene rings is 2. The van der Waals surface area contributed by atoms with E-state index in [0.717, 1.165) is 39.7 Å². The van der Waals surface area contributed by atoms with E-state index in [4.69, 9.17) is 17.8 Å². The standard InChI is InChI=1S/C59H37NS2/c1-2-17-39(18-3-1)59(51-27-10-6-21-44(51)45-22-7-11-28-52(45)59)40-19-14-16-38(36-40)42-33-34-53(46-23-5-4-20-43(42)46)60(41-32-35-57-50(37-41)48-25-9-12-30-55(48)61-57)54-29-15-26-49-47-24-8-13-31-56(47)62-58(49)54/h1-37H/i1D,2D,3D,4D,5D,6D,7D,8D,9D,10D,11D,12D,14D,16D,17D,18D,19D,20D,21D,22D,23D,24D,26D,27D,28D,29D,30D,31D,33D,34D,35D,36D. The van der Waals surface area contributed by atoms with E-state index >= 15 is 0 Å². The second-order valence-electron chi connectivity index (χ2n) is 13.9. The van der Waals surface area contributed by atoms with Crippen molar-refractivity contribution in [1.29, 1.82) is 0 Å². The molecule has 1 aliphatic rings. The largest absolute Gasteiger partial charge is 0.308 e. The molecule has 0 aliphatic heterocycles. The Hall–Kier alpha value is -7.30. The average molecular weight is 856 g/mol. The summed E-state index contributed by atoms with van der Waals surface area (Å²) in [7, 11) is 0. The van der Waals surface area contributed by atoms with Gasteiger partial charge in [0.2, 0.25) is 0 Å². The normalized spacial score (nSPS) is 20.2. The minimum absolute atomic E-state index is 0.0362. The number of rotatable bonds is 6. The zero-order valence-electron chi connectivity index (χ0n) is 63.2. The summed E-state index contributed by atoms with van der Waals surface area (Å²) in [4.78, 5) is 1.06. The van der Waals surface area contributed by atoms with Gasteiger partial charge >= 0.3 is 0 Å². The Balaban J connectivity index is 1.26. The van der Waals surface area contributed by atoms with Gasteiger partial charge in [-0.25, -0.2) is 0 Å². The highest BCUT2D eigenvalue weighted by atomic mass is 32.1. The van der Waals surface area contributed by atoms with Crippen LogP contribution in [0.3, 0.4) is 0 Å². The van der Waals surface area contributed by atoms with Gasteiger partial charge in [0.15, 0.2) is 0 Å². The third kappa shape index (κ3) is 5.13. The van der Waals surface area contributed by atoms with Gasteiger partial charge in [0, 0.05) is 46.7 Å². The maximum Gasteiger partial charge on any atom is 0.0713 e. The van der Waals surface area contributed by atoms with Crippen molar-refractivity contribution in [3.63, 3.8) is 0 Å². The van der Waals surface area contributed by atoms with Crippen molar-refractivity contribution in [1.82, 2.24) is 0 Å². The Labute approximate surface area is 413 Å². The number of hydrogen-bond donors (Lipinski definition) is 0. The minimum Gasteiger partial charge on any atom is -0.308 e. The molecule has 1 aliphatic carbocycles. The fraction of sp³-hybridized carbons (Fsp3) is 0.0169. The highest BCUT2D eigenvalue weighted by Gasteiger charge is 2.46. The molecule has 0 bridgehead atoms. The zero-order chi connectivity index (χ0) is 68.6. The topological polar surface area (TPSA) is 3.24 Å². The van der Waals surface area contributed by atoms with E-state index in [1.807, 2.05) is 0 Å². The van der Waals surface area contributed by atoms with Crippen LogP contribution in [-0.4, -0.2) is 0 Å². The van der Waals surface area contributed by atoms with Crippen molar-refractivity contribution in [3.05, 3.63) is 246 Å². The van der Waals surface area contributed by atoms with Gasteiger partial charge in [-0.1, -0.05) is 175 Å². The smallest absolute Gasteiger partial charge is 0.0713 e. The van der Waals surface area contributed by atoms with E-state index in [1.54, 1.807) is 0 Å². The fourth-order valence-corrected chi connectivity index (χ4v) is 10.3. The summed E-state index contributed by atoms with van der Waals surface area (Å²) < 4.78 is 300. The fourth-order valence-electron chi connectivity index (χ4n) is 8.23. The Morgan fingerprint density at radius 2 is 1.11 bits per heavy atom. The van der Waals surface area contributed by atoms with Gasteiger partial charge < -0.3 is 4.90 Å². The first kappa shape index (κ1) is 16.2. The van der Waals surface area contributed by atoms with Crippen LogP contribution in [0.1, 0.15) is 66.1 Å². The molecule has 12 aromatic rings. The number of hydrogen-bond acceptors (Lipinski definition) is 3. The zero-order valence-corrected chi connectivity index (χ0v) is 32.8. The molecule has 0 saturated carbocycles. The first-order valence-electron chi connectivity index (χ1n) is 34.6. The number of benzene rings is 10. The van der Waals surface area contributed by atoms with E-state index in [9.17, 15) is 26.0 Å². The molecule has 0 fully saturated rings. The van der Waals surface area contributed by atoms with Crippen molar-refractivity contribution in [2.75, 3.05) is 4.90 Å². The van der Waals surface area contributed by atoms with Gasteiger partial charge in [0.25, 0.3) is 0 Å². The summed E-state index contributed by atoms with van der Waals surface area (Å²) in [5.74, 6) is 0. The molecule has 0 atom stereocenters. The van der Waals surface area contributed by atoms with Gasteiger partial charge in [-0.3, -0.25) is 0 Å². The van der Waals surface area contributed by atoms with Crippen LogP contribution in [0.2, 0.25) is 0 Å². The first-order chi connectivity index (χ1) is 44.0. The van der Waals surface area contributed by atoms with Gasteiger partial charge in [-0.2, -0.15) is 0 Å². The van der Waals surface area contributed by atoms with Crippen molar-refractivity contribution < 1.29 is 43.9 Å². The molecule has 0 spiro atoms. The monoisotopic (exact) mass is 855 g/mol. The van der Waals surface area contributed by atoms with Crippen LogP contribution >= 0.6 is 22.7 Å². The molecule has 290 valence electrons. The summed E-state index contributed by atoms with van der Waals surface area (Å²) in [5, 5.41) is -1.49. The van der Waals surface area contributed by atoms with Crippen LogP contribution in [0, 0.1) is 0 Å². The molecule has 0 unspecified atom stereocenters. The minimum atomic E-state index is -3.35. The van der Waals surface area contributed by atoms with E-state index in [-0.39, 0.29) is 75.9 Å². The lowest BCUT2D eigenvalue weighted by molar-refractivity contribution is 0.769. The number of fused-ring (bicyclic) bond motifs is 10. The van der Waals surface area contributed by atoms with Gasteiger partial charge in [0.1, 0.15) is 0 Å². The third-order valence-electron chi connectivity index (χ3n) is 10.8.